The third kappa shape index (κ3) is 4.09. The van der Waals surface area contributed by atoms with E-state index in [-0.39, 0.29) is 16.5 Å². The Morgan fingerprint density at radius 1 is 1.10 bits per heavy atom. The molecule has 1 aromatic carbocycles. The van der Waals surface area contributed by atoms with Crippen molar-refractivity contribution in [2.45, 2.75) is 11.3 Å². The molecule has 0 saturated carbocycles. The van der Waals surface area contributed by atoms with Crippen molar-refractivity contribution < 1.29 is 13.5 Å². The summed E-state index contributed by atoms with van der Waals surface area (Å²) in [5, 5.41) is 9.53. The molecule has 0 radical (unpaired) electrons. The third-order valence-corrected chi connectivity index (χ3v) is 6.13. The normalized spacial score (nSPS) is 18.6. The first-order valence-corrected chi connectivity index (χ1v) is 8.93. The maximum absolute atomic E-state index is 12.6. The molecular weight excluding hydrogens is 335 g/mol. The molecule has 1 aliphatic rings. The van der Waals surface area contributed by atoms with Crippen molar-refractivity contribution in [3.05, 3.63) is 28.2 Å². The molecule has 0 aliphatic carbocycles. The van der Waals surface area contributed by atoms with Crippen LogP contribution in [0.1, 0.15) is 6.42 Å². The molecule has 0 aromatic heterocycles. The number of aliphatic hydroxyl groups excluding tert-OH is 1. The van der Waals surface area contributed by atoms with Gasteiger partial charge in [0.15, 0.2) is 0 Å². The zero-order valence-corrected chi connectivity index (χ0v) is 13.8. The van der Waals surface area contributed by atoms with Crippen molar-refractivity contribution in [2.24, 2.45) is 0 Å². The molecule has 0 spiro atoms. The second-order valence-corrected chi connectivity index (χ2v) is 7.65. The number of halogens is 2. The van der Waals surface area contributed by atoms with Crippen molar-refractivity contribution in [3.8, 4) is 0 Å². The van der Waals surface area contributed by atoms with Crippen LogP contribution in [0.5, 0.6) is 0 Å². The van der Waals surface area contributed by atoms with Crippen molar-refractivity contribution in [1.29, 1.82) is 0 Å². The summed E-state index contributed by atoms with van der Waals surface area (Å²) in [6, 6.07) is 4.35. The Balaban J connectivity index is 2.17. The highest BCUT2D eigenvalue weighted by Crippen LogP contribution is 2.26. The Hall–Kier alpha value is -0.370. The fourth-order valence-corrected chi connectivity index (χ4v) is 4.20. The van der Waals surface area contributed by atoms with Gasteiger partial charge in [-0.3, -0.25) is 4.90 Å². The summed E-state index contributed by atoms with van der Waals surface area (Å²) in [4.78, 5) is 2.22. The number of rotatable bonds is 4. The molecule has 0 unspecified atom stereocenters. The van der Waals surface area contributed by atoms with Crippen molar-refractivity contribution in [1.82, 2.24) is 9.21 Å². The second kappa shape index (κ2) is 7.26. The molecule has 118 valence electrons. The lowest BCUT2D eigenvalue weighted by Gasteiger charge is -2.21. The van der Waals surface area contributed by atoms with Gasteiger partial charge in [0, 0.05) is 26.2 Å². The summed E-state index contributed by atoms with van der Waals surface area (Å²) in [5.74, 6) is 0. The lowest BCUT2D eigenvalue weighted by Crippen LogP contribution is -2.35. The van der Waals surface area contributed by atoms with Crippen LogP contribution in [-0.2, 0) is 10.0 Å². The van der Waals surface area contributed by atoms with Gasteiger partial charge in [-0.15, -0.1) is 0 Å². The molecule has 1 aliphatic heterocycles. The molecule has 2 rings (SSSR count). The predicted molar refractivity (Wildman–Crippen MR) is 83.4 cm³/mol. The Bertz CT molecular complexity index is 595. The summed E-state index contributed by atoms with van der Waals surface area (Å²) < 4.78 is 26.7. The van der Waals surface area contributed by atoms with Crippen LogP contribution in [-0.4, -0.2) is 62.1 Å². The van der Waals surface area contributed by atoms with Crippen LogP contribution in [0.4, 0.5) is 0 Å². The lowest BCUT2D eigenvalue weighted by molar-refractivity contribution is 0.202. The van der Waals surface area contributed by atoms with E-state index in [0.29, 0.717) is 31.2 Å². The molecule has 1 saturated heterocycles. The van der Waals surface area contributed by atoms with Gasteiger partial charge in [-0.2, -0.15) is 4.31 Å². The Kier molecular flexibility index (Phi) is 5.88. The molecule has 1 heterocycles. The van der Waals surface area contributed by atoms with Gasteiger partial charge in [0.2, 0.25) is 10.0 Å². The summed E-state index contributed by atoms with van der Waals surface area (Å²) in [7, 11) is -3.56. The van der Waals surface area contributed by atoms with Gasteiger partial charge in [-0.1, -0.05) is 23.2 Å². The largest absolute Gasteiger partial charge is 0.395 e. The van der Waals surface area contributed by atoms with Gasteiger partial charge in [-0.25, -0.2) is 8.42 Å². The van der Waals surface area contributed by atoms with Crippen LogP contribution < -0.4 is 0 Å². The number of hydrogen-bond acceptors (Lipinski definition) is 4. The Morgan fingerprint density at radius 2 is 1.86 bits per heavy atom. The van der Waals surface area contributed by atoms with Crippen LogP contribution >= 0.6 is 23.2 Å². The maximum atomic E-state index is 12.6. The van der Waals surface area contributed by atoms with Gasteiger partial charge < -0.3 is 5.11 Å². The topological polar surface area (TPSA) is 60.9 Å². The monoisotopic (exact) mass is 352 g/mol. The molecule has 0 atom stereocenters. The highest BCUT2D eigenvalue weighted by atomic mass is 35.5. The third-order valence-electron chi connectivity index (χ3n) is 3.49. The van der Waals surface area contributed by atoms with Crippen LogP contribution in [0.15, 0.2) is 23.1 Å². The van der Waals surface area contributed by atoms with Crippen LogP contribution in [0.3, 0.4) is 0 Å². The van der Waals surface area contributed by atoms with E-state index < -0.39 is 10.0 Å². The molecule has 21 heavy (non-hydrogen) atoms. The minimum Gasteiger partial charge on any atom is -0.395 e. The first-order valence-electron chi connectivity index (χ1n) is 6.73. The molecular formula is C13H18Cl2N2O3S. The SMILES string of the molecule is O=S(=O)(c1ccc(Cl)c(Cl)c1)N1CCCN(CCO)CC1. The smallest absolute Gasteiger partial charge is 0.243 e. The van der Waals surface area contributed by atoms with Crippen LogP contribution in [0.2, 0.25) is 10.0 Å². The zero-order chi connectivity index (χ0) is 15.5. The van der Waals surface area contributed by atoms with Gasteiger partial charge in [0.25, 0.3) is 0 Å². The summed E-state index contributed by atoms with van der Waals surface area (Å²) in [6.45, 7) is 2.92. The number of aliphatic hydroxyl groups is 1. The standard InChI is InChI=1S/C13H18Cl2N2O3S/c14-12-3-2-11(10-13(12)15)21(19,20)17-5-1-4-16(6-7-17)8-9-18/h2-3,10,18H,1,4-9H2. The quantitative estimate of drug-likeness (QED) is 0.895. The van der Waals surface area contributed by atoms with E-state index in [4.69, 9.17) is 28.3 Å². The van der Waals surface area contributed by atoms with E-state index in [0.717, 1.165) is 13.0 Å². The number of benzene rings is 1. The van der Waals surface area contributed by atoms with E-state index in [9.17, 15) is 8.42 Å². The molecule has 8 heteroatoms. The predicted octanol–water partition coefficient (Wildman–Crippen LogP) is 1.68. The van der Waals surface area contributed by atoms with E-state index in [2.05, 4.69) is 4.90 Å². The first kappa shape index (κ1) is 17.0. The number of hydrogen-bond donors (Lipinski definition) is 1. The number of β-amino-alcohol motifs (C(OH)–C–C–N with tert-alkyl or cyclic N) is 1. The van der Waals surface area contributed by atoms with E-state index in [1.54, 1.807) is 0 Å². The molecule has 5 nitrogen and oxygen atoms in total. The van der Waals surface area contributed by atoms with Crippen molar-refractivity contribution in [2.75, 3.05) is 39.3 Å². The number of sulfonamides is 1. The fourth-order valence-electron chi connectivity index (χ4n) is 2.34. The van der Waals surface area contributed by atoms with Gasteiger partial charge in [0.05, 0.1) is 21.5 Å². The highest BCUT2D eigenvalue weighted by Gasteiger charge is 2.27. The average molecular weight is 353 g/mol. The molecule has 0 amide bonds. The first-order chi connectivity index (χ1) is 9.95. The zero-order valence-electron chi connectivity index (χ0n) is 11.5. The van der Waals surface area contributed by atoms with Crippen molar-refractivity contribution in [3.63, 3.8) is 0 Å². The summed E-state index contributed by atoms with van der Waals surface area (Å²) >= 11 is 11.7. The minimum atomic E-state index is -3.56. The van der Waals surface area contributed by atoms with E-state index in [1.165, 1.54) is 22.5 Å². The van der Waals surface area contributed by atoms with Crippen LogP contribution in [0.25, 0.3) is 0 Å². The Labute approximate surface area is 135 Å². The maximum Gasteiger partial charge on any atom is 0.243 e. The highest BCUT2D eigenvalue weighted by molar-refractivity contribution is 7.89. The molecule has 1 N–H and O–H groups in total. The Morgan fingerprint density at radius 3 is 2.52 bits per heavy atom. The summed E-state index contributed by atoms with van der Waals surface area (Å²) in [5.41, 5.74) is 0. The minimum absolute atomic E-state index is 0.0829. The molecule has 1 aromatic rings. The summed E-state index contributed by atoms with van der Waals surface area (Å²) in [6.07, 6.45) is 0.737. The molecule has 0 bridgehead atoms. The lowest BCUT2D eigenvalue weighted by atomic mass is 10.4. The van der Waals surface area contributed by atoms with Gasteiger partial charge in [-0.05, 0) is 31.2 Å². The second-order valence-electron chi connectivity index (χ2n) is 4.90. The fraction of sp³-hybridized carbons (Fsp3) is 0.538. The van der Waals surface area contributed by atoms with Gasteiger partial charge >= 0.3 is 0 Å². The van der Waals surface area contributed by atoms with Gasteiger partial charge in [0.1, 0.15) is 0 Å². The average Bonchev–Trinajstić information content (AvgIpc) is 2.68. The van der Waals surface area contributed by atoms with E-state index >= 15 is 0 Å². The van der Waals surface area contributed by atoms with E-state index in [1.807, 2.05) is 0 Å². The number of nitrogens with zero attached hydrogens (tertiary/aromatic N) is 2. The molecule has 1 fully saturated rings. The van der Waals surface area contributed by atoms with Crippen molar-refractivity contribution >= 4 is 33.2 Å². The van der Waals surface area contributed by atoms with Crippen LogP contribution in [0, 0.1) is 0 Å².